The molecule has 0 aliphatic rings. The van der Waals surface area contributed by atoms with Crippen LogP contribution < -0.4 is 10.1 Å². The van der Waals surface area contributed by atoms with Crippen molar-refractivity contribution in [1.29, 1.82) is 0 Å². The number of hydrogen-bond donors (Lipinski definition) is 1. The van der Waals surface area contributed by atoms with Crippen molar-refractivity contribution in [3.8, 4) is 11.5 Å². The molecule has 1 heterocycles. The highest BCUT2D eigenvalue weighted by Gasteiger charge is 2.34. The molecule has 8 heteroatoms. The quantitative estimate of drug-likeness (QED) is 0.630. The molecule has 138 valence electrons. The Morgan fingerprint density at radius 1 is 0.926 bits per heavy atom. The maximum atomic E-state index is 13.3. The number of carbonyl (C=O) groups excluding carboxylic acids is 1. The number of carbonyl (C=O) groups is 1. The number of nitrogens with one attached hydrogen (secondary N) is 1. The Morgan fingerprint density at radius 2 is 1.56 bits per heavy atom. The number of benzene rings is 2. The average Bonchev–Trinajstić information content (AvgIpc) is 2.63. The minimum atomic E-state index is -4.88. The summed E-state index contributed by atoms with van der Waals surface area (Å²) in [6, 6.07) is 11.6. The predicted molar refractivity (Wildman–Crippen MR) is 90.1 cm³/mol. The van der Waals surface area contributed by atoms with Crippen molar-refractivity contribution in [2.24, 2.45) is 0 Å². The molecular weight excluding hydrogens is 364 g/mol. The SMILES string of the molecule is O=C(Nc1ccc(Oc2ccncc2)cc1)c1ccc(F)c(C(F)(F)F)c1. The summed E-state index contributed by atoms with van der Waals surface area (Å²) in [6.45, 7) is 0. The third-order valence-corrected chi connectivity index (χ3v) is 3.53. The van der Waals surface area contributed by atoms with Crippen molar-refractivity contribution in [2.75, 3.05) is 5.32 Å². The van der Waals surface area contributed by atoms with Gasteiger partial charge in [0.15, 0.2) is 0 Å². The van der Waals surface area contributed by atoms with E-state index >= 15 is 0 Å². The standard InChI is InChI=1S/C19H12F4N2O2/c20-17-6-1-12(11-16(17)19(21,22)23)18(26)25-13-2-4-14(5-3-13)27-15-7-9-24-10-8-15/h1-11H,(H,25,26). The second kappa shape index (κ2) is 7.45. The van der Waals surface area contributed by atoms with Crippen LogP contribution in [0.2, 0.25) is 0 Å². The Labute approximate surface area is 151 Å². The topological polar surface area (TPSA) is 51.2 Å². The van der Waals surface area contributed by atoms with Crippen molar-refractivity contribution >= 4 is 11.6 Å². The summed E-state index contributed by atoms with van der Waals surface area (Å²) in [4.78, 5) is 16.0. The minimum absolute atomic E-state index is 0.305. The number of halogens is 4. The molecule has 0 fully saturated rings. The van der Waals surface area contributed by atoms with E-state index < -0.39 is 23.5 Å². The first kappa shape index (κ1) is 18.4. The van der Waals surface area contributed by atoms with Crippen LogP contribution in [0.1, 0.15) is 15.9 Å². The zero-order chi connectivity index (χ0) is 19.4. The average molecular weight is 376 g/mol. The molecule has 0 radical (unpaired) electrons. The molecular formula is C19H12F4N2O2. The van der Waals surface area contributed by atoms with Gasteiger partial charge in [0.05, 0.1) is 5.56 Å². The van der Waals surface area contributed by atoms with Crippen molar-refractivity contribution in [1.82, 2.24) is 4.98 Å². The molecule has 3 rings (SSSR count). The van der Waals surface area contributed by atoms with Crippen LogP contribution in [-0.4, -0.2) is 10.9 Å². The van der Waals surface area contributed by atoms with Crippen LogP contribution in [0.4, 0.5) is 23.2 Å². The summed E-state index contributed by atoms with van der Waals surface area (Å²) in [5, 5.41) is 2.45. The highest BCUT2D eigenvalue weighted by atomic mass is 19.4. The Kier molecular flexibility index (Phi) is 5.07. The number of nitrogens with zero attached hydrogens (tertiary/aromatic N) is 1. The van der Waals surface area contributed by atoms with Crippen LogP contribution in [0, 0.1) is 5.82 Å². The van der Waals surface area contributed by atoms with E-state index in [0.717, 1.165) is 6.07 Å². The molecule has 0 saturated carbocycles. The Hall–Kier alpha value is -3.42. The molecule has 27 heavy (non-hydrogen) atoms. The summed E-state index contributed by atoms with van der Waals surface area (Å²) >= 11 is 0. The molecule has 1 N–H and O–H groups in total. The van der Waals surface area contributed by atoms with E-state index in [9.17, 15) is 22.4 Å². The monoisotopic (exact) mass is 376 g/mol. The van der Waals surface area contributed by atoms with Crippen LogP contribution in [0.25, 0.3) is 0 Å². The molecule has 0 atom stereocenters. The van der Waals surface area contributed by atoms with Crippen LogP contribution in [0.15, 0.2) is 67.0 Å². The molecule has 3 aromatic rings. The predicted octanol–water partition coefficient (Wildman–Crippen LogP) is 5.28. The smallest absolute Gasteiger partial charge is 0.419 e. The first-order chi connectivity index (χ1) is 12.8. The summed E-state index contributed by atoms with van der Waals surface area (Å²) < 4.78 is 57.1. The van der Waals surface area contributed by atoms with Gasteiger partial charge in [-0.25, -0.2) is 4.39 Å². The Bertz CT molecular complexity index is 942. The lowest BCUT2D eigenvalue weighted by molar-refractivity contribution is -0.140. The van der Waals surface area contributed by atoms with Gasteiger partial charge in [0.25, 0.3) is 5.91 Å². The van der Waals surface area contributed by atoms with Crippen molar-refractivity contribution < 1.29 is 27.1 Å². The lowest BCUT2D eigenvalue weighted by Gasteiger charge is -2.11. The van der Waals surface area contributed by atoms with Crippen molar-refractivity contribution in [3.05, 3.63) is 83.9 Å². The van der Waals surface area contributed by atoms with E-state index in [-0.39, 0.29) is 5.56 Å². The maximum Gasteiger partial charge on any atom is 0.419 e. The fourth-order valence-electron chi connectivity index (χ4n) is 2.24. The fourth-order valence-corrected chi connectivity index (χ4v) is 2.24. The number of pyridine rings is 1. The van der Waals surface area contributed by atoms with Gasteiger partial charge in [0.1, 0.15) is 17.3 Å². The van der Waals surface area contributed by atoms with Gasteiger partial charge in [0, 0.05) is 23.6 Å². The van der Waals surface area contributed by atoms with E-state index in [1.807, 2.05) is 0 Å². The van der Waals surface area contributed by atoms with E-state index in [1.165, 1.54) is 12.1 Å². The lowest BCUT2D eigenvalue weighted by atomic mass is 10.1. The second-order valence-electron chi connectivity index (χ2n) is 5.46. The minimum Gasteiger partial charge on any atom is -0.457 e. The fraction of sp³-hybridized carbons (Fsp3) is 0.0526. The summed E-state index contributed by atoms with van der Waals surface area (Å²) in [6.07, 6.45) is -1.74. The molecule has 0 spiro atoms. The van der Waals surface area contributed by atoms with Gasteiger partial charge in [-0.05, 0) is 54.6 Å². The summed E-state index contributed by atoms with van der Waals surface area (Å²) in [5.41, 5.74) is -1.45. The van der Waals surface area contributed by atoms with Crippen LogP contribution in [0.5, 0.6) is 11.5 Å². The molecule has 0 unspecified atom stereocenters. The number of ether oxygens (including phenoxy) is 1. The van der Waals surface area contributed by atoms with Crippen molar-refractivity contribution in [3.63, 3.8) is 0 Å². The highest BCUT2D eigenvalue weighted by molar-refractivity contribution is 6.04. The number of amides is 1. The van der Waals surface area contributed by atoms with Crippen molar-refractivity contribution in [2.45, 2.75) is 6.18 Å². The number of anilines is 1. The molecule has 0 saturated heterocycles. The number of alkyl halides is 3. The van der Waals surface area contributed by atoms with Crippen LogP contribution in [-0.2, 0) is 6.18 Å². The zero-order valence-electron chi connectivity index (χ0n) is 13.6. The van der Waals surface area contributed by atoms with Gasteiger partial charge in [-0.15, -0.1) is 0 Å². The molecule has 0 aliphatic carbocycles. The van der Waals surface area contributed by atoms with Gasteiger partial charge < -0.3 is 10.1 Å². The number of hydrogen-bond acceptors (Lipinski definition) is 3. The van der Waals surface area contributed by atoms with Crippen LogP contribution >= 0.6 is 0 Å². The van der Waals surface area contributed by atoms with Gasteiger partial charge in [-0.1, -0.05) is 0 Å². The Balaban J connectivity index is 1.71. The van der Waals surface area contributed by atoms with E-state index in [2.05, 4.69) is 10.3 Å². The second-order valence-corrected chi connectivity index (χ2v) is 5.46. The first-order valence-electron chi connectivity index (χ1n) is 7.69. The highest BCUT2D eigenvalue weighted by Crippen LogP contribution is 2.32. The third-order valence-electron chi connectivity index (χ3n) is 3.53. The third kappa shape index (κ3) is 4.60. The molecule has 4 nitrogen and oxygen atoms in total. The zero-order valence-corrected chi connectivity index (χ0v) is 13.6. The summed E-state index contributed by atoms with van der Waals surface area (Å²) in [5.74, 6) is -1.15. The van der Waals surface area contributed by atoms with Gasteiger partial charge >= 0.3 is 6.18 Å². The largest absolute Gasteiger partial charge is 0.457 e. The maximum absolute atomic E-state index is 13.3. The van der Waals surface area contributed by atoms with E-state index in [0.29, 0.717) is 29.3 Å². The lowest BCUT2D eigenvalue weighted by Crippen LogP contribution is -2.15. The molecule has 2 aromatic carbocycles. The van der Waals surface area contributed by atoms with E-state index in [4.69, 9.17) is 4.74 Å². The molecule has 0 aliphatic heterocycles. The summed E-state index contributed by atoms with van der Waals surface area (Å²) in [7, 11) is 0. The molecule has 1 amide bonds. The number of rotatable bonds is 4. The molecule has 1 aromatic heterocycles. The van der Waals surface area contributed by atoms with Crippen LogP contribution in [0.3, 0.4) is 0 Å². The van der Waals surface area contributed by atoms with Gasteiger partial charge in [-0.3, -0.25) is 9.78 Å². The number of aromatic nitrogens is 1. The van der Waals surface area contributed by atoms with E-state index in [1.54, 1.807) is 36.7 Å². The Morgan fingerprint density at radius 3 is 2.19 bits per heavy atom. The van der Waals surface area contributed by atoms with Gasteiger partial charge in [-0.2, -0.15) is 13.2 Å². The molecule has 0 bridgehead atoms. The normalized spacial score (nSPS) is 11.1. The van der Waals surface area contributed by atoms with Gasteiger partial charge in [0.2, 0.25) is 0 Å². The first-order valence-corrected chi connectivity index (χ1v) is 7.69.